The molecule has 0 aliphatic carbocycles. The number of ether oxygens (including phenoxy) is 5. The number of aromatic nitrogens is 2. The minimum Gasteiger partial charge on any atom is -0.503 e. The number of nitrogens with one attached hydrogen (secondary N) is 2. The van der Waals surface area contributed by atoms with Crippen molar-refractivity contribution in [1.29, 1.82) is 0 Å². The zero-order chi connectivity index (χ0) is 52.4. The summed E-state index contributed by atoms with van der Waals surface area (Å²) in [5, 5.41) is 15.6. The summed E-state index contributed by atoms with van der Waals surface area (Å²) in [6.07, 6.45) is 1.11. The van der Waals surface area contributed by atoms with Crippen molar-refractivity contribution in [2.75, 3.05) is 54.7 Å². The lowest BCUT2D eigenvalue weighted by molar-refractivity contribution is 0.0320. The maximum Gasteiger partial charge on any atom is 0.274 e. The third-order valence-electron chi connectivity index (χ3n) is 13.7. The van der Waals surface area contributed by atoms with Gasteiger partial charge in [0.1, 0.15) is 41.0 Å². The van der Waals surface area contributed by atoms with Crippen molar-refractivity contribution in [3.05, 3.63) is 161 Å². The predicted molar refractivity (Wildman–Crippen MR) is 251 cm³/mol. The zero-order valence-corrected chi connectivity index (χ0v) is 40.3. The predicted octanol–water partition coefficient (Wildman–Crippen LogP) is 4.18. The normalized spacial score (nSPS) is 18.9. The topological polar surface area (TPSA) is 209 Å². The van der Waals surface area contributed by atoms with E-state index in [1.54, 1.807) is 23.6 Å². The Morgan fingerprint density at radius 2 is 1.12 bits per heavy atom. The number of likely N-dealkylation sites (N-methyl/N-ethyl adjacent to an activating group) is 2. The molecule has 2 saturated heterocycles. The van der Waals surface area contributed by atoms with Crippen molar-refractivity contribution in [3.8, 4) is 11.5 Å². The van der Waals surface area contributed by atoms with Crippen molar-refractivity contribution >= 4 is 23.6 Å². The molecular formula is C51H52F4N6O12. The summed E-state index contributed by atoms with van der Waals surface area (Å²) in [5.41, 5.74) is -2.96. The summed E-state index contributed by atoms with van der Waals surface area (Å²) in [5.74, 6) is -6.99. The van der Waals surface area contributed by atoms with Crippen LogP contribution >= 0.6 is 0 Å². The maximum absolute atomic E-state index is 14.2. The molecule has 22 heteroatoms. The van der Waals surface area contributed by atoms with Gasteiger partial charge in [0.05, 0.1) is 48.9 Å². The zero-order valence-electron chi connectivity index (χ0n) is 40.3. The fourth-order valence-corrected chi connectivity index (χ4v) is 9.56. The van der Waals surface area contributed by atoms with E-state index >= 15 is 0 Å². The van der Waals surface area contributed by atoms with E-state index < -0.39 is 80.1 Å². The molecule has 2 fully saturated rings. The third-order valence-corrected chi connectivity index (χ3v) is 13.7. The summed E-state index contributed by atoms with van der Waals surface area (Å²) < 4.78 is 85.4. The van der Waals surface area contributed by atoms with Crippen molar-refractivity contribution in [3.63, 3.8) is 0 Å². The standard InChI is InChI=1S/C29H29F2N3O6.C22H23F2N3O6/c1-33-28(37)24-26(40-14-18-6-4-3-5-7-18)25(35)23(27(36)32-13-19-8-9-20(30)12-21(19)31)22(15-38-2)34(24)16-29(33)10-11-39-17-29;1-26-21(31)17-19(29)18(28)16(20(30)25-8-12-3-4-13(23)7-14(12)24)15(9-32-2)27(17)10-22(26)5-6-33-11-22/h3-9,12H,10-11,13-17H2,1-2H3,(H,32,36);3-4,7,29H,5-6,8-11H2,1-2H3,(H,25,30). The Bertz CT molecular complexity index is 3100. The minimum atomic E-state index is -1.04. The molecule has 386 valence electrons. The number of pyridine rings is 2. The van der Waals surface area contributed by atoms with Crippen molar-refractivity contribution in [2.45, 2.75) is 69.9 Å². The highest BCUT2D eigenvalue weighted by atomic mass is 19.1. The van der Waals surface area contributed by atoms with Crippen molar-refractivity contribution in [2.24, 2.45) is 0 Å². The highest BCUT2D eigenvalue weighted by molar-refractivity contribution is 6.01. The average Bonchev–Trinajstić information content (AvgIpc) is 4.05. The van der Waals surface area contributed by atoms with Crippen LogP contribution < -0.4 is 26.2 Å². The molecule has 0 radical (unpaired) electrons. The summed E-state index contributed by atoms with van der Waals surface area (Å²) >= 11 is 0. The van der Waals surface area contributed by atoms with Crippen LogP contribution in [-0.4, -0.2) is 113 Å². The van der Waals surface area contributed by atoms with Crippen LogP contribution in [0.2, 0.25) is 0 Å². The first-order valence-corrected chi connectivity index (χ1v) is 23.0. The minimum absolute atomic E-state index is 0.0131. The van der Waals surface area contributed by atoms with Gasteiger partial charge < -0.3 is 58.4 Å². The number of fused-ring (bicyclic) bond motifs is 2. The van der Waals surface area contributed by atoms with Gasteiger partial charge in [-0.25, -0.2) is 17.6 Å². The number of amides is 4. The average molecular weight is 1020 g/mol. The largest absolute Gasteiger partial charge is 0.503 e. The Morgan fingerprint density at radius 3 is 1.58 bits per heavy atom. The Balaban J connectivity index is 0.000000199. The van der Waals surface area contributed by atoms with E-state index in [2.05, 4.69) is 10.6 Å². The number of rotatable bonds is 13. The molecule has 3 N–H and O–H groups in total. The lowest BCUT2D eigenvalue weighted by Crippen LogP contribution is -2.58. The first kappa shape index (κ1) is 51.9. The first-order chi connectivity index (χ1) is 35.0. The fourth-order valence-electron chi connectivity index (χ4n) is 9.56. The van der Waals surface area contributed by atoms with Crippen molar-refractivity contribution < 1.29 is 65.5 Å². The highest BCUT2D eigenvalue weighted by Crippen LogP contribution is 2.38. The summed E-state index contributed by atoms with van der Waals surface area (Å²) in [6.45, 7) is 0.917. The SMILES string of the molecule is COCc1c(C(=O)NCc2ccc(F)cc2F)c(=O)c(O)c2n1CC1(CCOC1)N(C)C2=O.COCc1c(C(=O)NCc2ccc(F)cc2F)c(=O)c(OCc2ccccc2)c2n1CC1(CCOC1)N(C)C2=O. The number of benzene rings is 3. The molecule has 73 heavy (non-hydrogen) atoms. The molecule has 2 atom stereocenters. The molecule has 0 saturated carbocycles. The maximum atomic E-state index is 14.2. The highest BCUT2D eigenvalue weighted by Gasteiger charge is 2.50. The van der Waals surface area contributed by atoms with E-state index in [0.29, 0.717) is 44.8 Å². The van der Waals surface area contributed by atoms with Crippen molar-refractivity contribution in [1.82, 2.24) is 29.6 Å². The van der Waals surface area contributed by atoms with Crippen LogP contribution in [0.5, 0.6) is 11.5 Å². The van der Waals surface area contributed by atoms with E-state index in [4.69, 9.17) is 23.7 Å². The molecule has 2 aromatic heterocycles. The van der Waals surface area contributed by atoms with Gasteiger partial charge >= 0.3 is 0 Å². The number of aromatic hydroxyl groups is 1. The molecule has 9 rings (SSSR count). The van der Waals surface area contributed by atoms with E-state index in [0.717, 1.165) is 17.7 Å². The van der Waals surface area contributed by atoms with E-state index in [9.17, 15) is 51.4 Å². The van der Waals surface area contributed by atoms with Gasteiger partial charge in [-0.2, -0.15) is 0 Å². The Hall–Kier alpha value is -7.40. The number of hydrogen-bond acceptors (Lipinski definition) is 12. The first-order valence-electron chi connectivity index (χ1n) is 23.0. The molecule has 2 unspecified atom stereocenters. The fraction of sp³-hybridized carbons (Fsp3) is 0.373. The summed E-state index contributed by atoms with van der Waals surface area (Å²) in [6, 6.07) is 15.0. The lowest BCUT2D eigenvalue weighted by atomic mass is 9.91. The van der Waals surface area contributed by atoms with Gasteiger partial charge in [0.15, 0.2) is 22.9 Å². The van der Waals surface area contributed by atoms with Crippen LogP contribution in [0, 0.1) is 23.3 Å². The molecule has 5 aromatic rings. The summed E-state index contributed by atoms with van der Waals surface area (Å²) in [7, 11) is 6.03. The van der Waals surface area contributed by atoms with Crippen LogP contribution in [0.15, 0.2) is 76.3 Å². The van der Waals surface area contributed by atoms with E-state index in [1.165, 1.54) is 35.8 Å². The smallest absolute Gasteiger partial charge is 0.274 e. The molecule has 2 spiro atoms. The van der Waals surface area contributed by atoms with Crippen LogP contribution in [0.25, 0.3) is 0 Å². The second-order valence-electron chi connectivity index (χ2n) is 18.1. The number of methoxy groups -OCH3 is 2. The summed E-state index contributed by atoms with van der Waals surface area (Å²) in [4.78, 5) is 83.3. The Labute approximate surface area is 415 Å². The Kier molecular flexibility index (Phi) is 15.2. The van der Waals surface area contributed by atoms with Crippen LogP contribution in [-0.2, 0) is 64.9 Å². The second-order valence-corrected chi connectivity index (χ2v) is 18.1. The van der Waals surface area contributed by atoms with Gasteiger partial charge in [-0.3, -0.25) is 28.8 Å². The van der Waals surface area contributed by atoms with Crippen LogP contribution in [0.3, 0.4) is 0 Å². The quantitative estimate of drug-likeness (QED) is 0.142. The van der Waals surface area contributed by atoms with Gasteiger partial charge in [-0.1, -0.05) is 42.5 Å². The van der Waals surface area contributed by atoms with Gasteiger partial charge in [-0.05, 0) is 30.5 Å². The number of carbonyl (C=O) groups is 4. The third kappa shape index (κ3) is 9.94. The molecule has 4 aliphatic heterocycles. The lowest BCUT2D eigenvalue weighted by Gasteiger charge is -2.44. The Morgan fingerprint density at radius 1 is 0.658 bits per heavy atom. The molecular weight excluding hydrogens is 965 g/mol. The molecule has 6 heterocycles. The second kappa shape index (κ2) is 21.4. The van der Waals surface area contributed by atoms with Gasteiger partial charge in [0.25, 0.3) is 23.6 Å². The molecule has 0 bridgehead atoms. The van der Waals surface area contributed by atoms with E-state index in [-0.39, 0.29) is 97.8 Å². The van der Waals surface area contributed by atoms with Gasteiger partial charge in [0, 0.05) is 91.0 Å². The van der Waals surface area contributed by atoms with Crippen LogP contribution in [0.1, 0.15) is 82.6 Å². The molecule has 4 amide bonds. The number of hydrogen-bond donors (Lipinski definition) is 3. The van der Waals surface area contributed by atoms with Gasteiger partial charge in [0.2, 0.25) is 10.9 Å². The number of carbonyl (C=O) groups excluding carboxylic acids is 4. The van der Waals surface area contributed by atoms with Crippen LogP contribution in [0.4, 0.5) is 17.6 Å². The number of nitrogens with zero attached hydrogens (tertiary/aromatic N) is 4. The molecule has 4 aliphatic rings. The number of halogens is 4. The molecule has 3 aromatic carbocycles. The van der Waals surface area contributed by atoms with Gasteiger partial charge in [-0.15, -0.1) is 0 Å². The monoisotopic (exact) mass is 1020 g/mol. The molecule has 18 nitrogen and oxygen atoms in total. The van der Waals surface area contributed by atoms with E-state index in [1.807, 2.05) is 30.3 Å².